The molecule has 0 aliphatic heterocycles. The van der Waals surface area contributed by atoms with E-state index >= 15 is 0 Å². The quantitative estimate of drug-likeness (QED) is 0.610. The Bertz CT molecular complexity index is 168. The minimum atomic E-state index is 0.420. The van der Waals surface area contributed by atoms with Crippen molar-refractivity contribution in [3.63, 3.8) is 0 Å². The number of rotatable bonds is 9. The highest BCUT2D eigenvalue weighted by molar-refractivity contribution is 4.80. The SMILES string of the molecule is CCCNCC(C)(CCC)CN(C)C(C)C. The Morgan fingerprint density at radius 3 is 2.25 bits per heavy atom. The number of hydrogen-bond acceptors (Lipinski definition) is 2. The maximum atomic E-state index is 3.58. The van der Waals surface area contributed by atoms with E-state index in [9.17, 15) is 0 Å². The van der Waals surface area contributed by atoms with Crippen molar-refractivity contribution in [3.8, 4) is 0 Å². The first kappa shape index (κ1) is 15.9. The van der Waals surface area contributed by atoms with Crippen LogP contribution in [0.1, 0.15) is 53.9 Å². The van der Waals surface area contributed by atoms with Gasteiger partial charge in [-0.2, -0.15) is 0 Å². The zero-order chi connectivity index (χ0) is 12.6. The molecule has 0 aromatic heterocycles. The lowest BCUT2D eigenvalue weighted by atomic mass is 9.84. The Morgan fingerprint density at radius 2 is 1.81 bits per heavy atom. The Morgan fingerprint density at radius 1 is 1.19 bits per heavy atom. The molecule has 0 spiro atoms. The van der Waals surface area contributed by atoms with Gasteiger partial charge in [-0.25, -0.2) is 0 Å². The maximum absolute atomic E-state index is 3.58. The first-order chi connectivity index (χ1) is 7.45. The molecule has 0 aromatic carbocycles. The van der Waals surface area contributed by atoms with Gasteiger partial charge in [-0.3, -0.25) is 0 Å². The normalized spacial score (nSPS) is 15.8. The van der Waals surface area contributed by atoms with Gasteiger partial charge in [0.1, 0.15) is 0 Å². The summed E-state index contributed by atoms with van der Waals surface area (Å²) in [6.07, 6.45) is 3.80. The van der Waals surface area contributed by atoms with Crippen LogP contribution >= 0.6 is 0 Å². The second kappa shape index (κ2) is 8.08. The molecule has 0 rings (SSSR count). The summed E-state index contributed by atoms with van der Waals surface area (Å²) < 4.78 is 0. The lowest BCUT2D eigenvalue weighted by Gasteiger charge is -2.36. The fourth-order valence-corrected chi connectivity index (χ4v) is 2.18. The van der Waals surface area contributed by atoms with Gasteiger partial charge >= 0.3 is 0 Å². The molecule has 0 bridgehead atoms. The van der Waals surface area contributed by atoms with Crippen molar-refractivity contribution in [2.45, 2.75) is 59.9 Å². The van der Waals surface area contributed by atoms with E-state index in [2.05, 4.69) is 51.9 Å². The van der Waals surface area contributed by atoms with Crippen molar-refractivity contribution in [2.24, 2.45) is 5.41 Å². The van der Waals surface area contributed by atoms with Crippen LogP contribution in [-0.4, -0.2) is 37.6 Å². The Balaban J connectivity index is 4.19. The summed E-state index contributed by atoms with van der Waals surface area (Å²) in [6.45, 7) is 14.9. The zero-order valence-corrected chi connectivity index (χ0v) is 12.3. The molecule has 2 heteroatoms. The van der Waals surface area contributed by atoms with E-state index in [1.54, 1.807) is 0 Å². The third kappa shape index (κ3) is 6.49. The molecular weight excluding hydrogens is 196 g/mol. The lowest BCUT2D eigenvalue weighted by molar-refractivity contribution is 0.148. The predicted molar refractivity (Wildman–Crippen MR) is 73.9 cm³/mol. The number of nitrogens with one attached hydrogen (secondary N) is 1. The van der Waals surface area contributed by atoms with Crippen molar-refractivity contribution in [2.75, 3.05) is 26.7 Å². The van der Waals surface area contributed by atoms with Crippen LogP contribution in [0.4, 0.5) is 0 Å². The van der Waals surface area contributed by atoms with Gasteiger partial charge in [0.25, 0.3) is 0 Å². The summed E-state index contributed by atoms with van der Waals surface area (Å²) in [7, 11) is 2.23. The molecule has 2 nitrogen and oxygen atoms in total. The van der Waals surface area contributed by atoms with E-state index < -0.39 is 0 Å². The van der Waals surface area contributed by atoms with Crippen molar-refractivity contribution in [1.82, 2.24) is 10.2 Å². The summed E-state index contributed by atoms with van der Waals surface area (Å²) in [4.78, 5) is 2.46. The topological polar surface area (TPSA) is 15.3 Å². The van der Waals surface area contributed by atoms with Gasteiger partial charge in [0.2, 0.25) is 0 Å². The molecule has 0 amide bonds. The maximum Gasteiger partial charge on any atom is 0.00471 e. The average Bonchev–Trinajstić information content (AvgIpc) is 2.18. The van der Waals surface area contributed by atoms with Gasteiger partial charge in [0.05, 0.1) is 0 Å². The van der Waals surface area contributed by atoms with Crippen LogP contribution in [0.15, 0.2) is 0 Å². The Kier molecular flexibility index (Phi) is 8.04. The first-order valence-corrected chi connectivity index (χ1v) is 6.86. The van der Waals surface area contributed by atoms with Gasteiger partial charge in [0, 0.05) is 19.1 Å². The van der Waals surface area contributed by atoms with Crippen molar-refractivity contribution in [1.29, 1.82) is 0 Å². The standard InChI is InChI=1S/C14H32N2/c1-7-9-14(5,11-15-10-8-2)12-16(6)13(3)4/h13,15H,7-12H2,1-6H3. The summed E-state index contributed by atoms with van der Waals surface area (Å²) in [5.41, 5.74) is 0.420. The molecule has 1 N–H and O–H groups in total. The molecule has 16 heavy (non-hydrogen) atoms. The van der Waals surface area contributed by atoms with Crippen LogP contribution < -0.4 is 5.32 Å². The minimum Gasteiger partial charge on any atom is -0.316 e. The summed E-state index contributed by atoms with van der Waals surface area (Å²) in [5, 5.41) is 3.58. The first-order valence-electron chi connectivity index (χ1n) is 6.86. The van der Waals surface area contributed by atoms with Gasteiger partial charge in [-0.1, -0.05) is 27.2 Å². The molecule has 98 valence electrons. The molecule has 0 heterocycles. The Labute approximate surface area is 103 Å². The van der Waals surface area contributed by atoms with Crippen molar-refractivity contribution >= 4 is 0 Å². The van der Waals surface area contributed by atoms with E-state index in [1.807, 2.05) is 0 Å². The van der Waals surface area contributed by atoms with Crippen molar-refractivity contribution < 1.29 is 0 Å². The molecule has 0 aliphatic rings. The second-order valence-electron chi connectivity index (χ2n) is 5.75. The highest BCUT2D eigenvalue weighted by Crippen LogP contribution is 2.24. The molecular formula is C14H32N2. The van der Waals surface area contributed by atoms with Crippen LogP contribution in [0.25, 0.3) is 0 Å². The van der Waals surface area contributed by atoms with Crippen LogP contribution in [0, 0.1) is 5.41 Å². The Hall–Kier alpha value is -0.0800. The second-order valence-corrected chi connectivity index (χ2v) is 5.75. The molecule has 0 aromatic rings. The molecule has 0 saturated heterocycles. The van der Waals surface area contributed by atoms with Gasteiger partial charge < -0.3 is 10.2 Å². The number of nitrogens with zero attached hydrogens (tertiary/aromatic N) is 1. The van der Waals surface area contributed by atoms with Crippen LogP contribution in [0.5, 0.6) is 0 Å². The predicted octanol–water partition coefficient (Wildman–Crippen LogP) is 3.13. The molecule has 0 aliphatic carbocycles. The lowest BCUT2D eigenvalue weighted by Crippen LogP contribution is -2.43. The highest BCUT2D eigenvalue weighted by atomic mass is 15.1. The van der Waals surface area contributed by atoms with Crippen LogP contribution in [-0.2, 0) is 0 Å². The smallest absolute Gasteiger partial charge is 0.00471 e. The number of hydrogen-bond donors (Lipinski definition) is 1. The van der Waals surface area contributed by atoms with E-state index in [0.29, 0.717) is 11.5 Å². The van der Waals surface area contributed by atoms with Gasteiger partial charge in [0.15, 0.2) is 0 Å². The third-order valence-corrected chi connectivity index (χ3v) is 3.34. The minimum absolute atomic E-state index is 0.420. The summed E-state index contributed by atoms with van der Waals surface area (Å²) in [5.74, 6) is 0. The summed E-state index contributed by atoms with van der Waals surface area (Å²) in [6, 6.07) is 0.641. The fraction of sp³-hybridized carbons (Fsp3) is 1.00. The van der Waals surface area contributed by atoms with Gasteiger partial charge in [-0.15, -0.1) is 0 Å². The monoisotopic (exact) mass is 228 g/mol. The fourth-order valence-electron chi connectivity index (χ4n) is 2.18. The molecule has 0 fully saturated rings. The zero-order valence-electron chi connectivity index (χ0n) is 12.3. The molecule has 1 unspecified atom stereocenters. The van der Waals surface area contributed by atoms with E-state index in [0.717, 1.165) is 13.1 Å². The average molecular weight is 228 g/mol. The van der Waals surface area contributed by atoms with Crippen molar-refractivity contribution in [3.05, 3.63) is 0 Å². The highest BCUT2D eigenvalue weighted by Gasteiger charge is 2.25. The summed E-state index contributed by atoms with van der Waals surface area (Å²) >= 11 is 0. The third-order valence-electron chi connectivity index (χ3n) is 3.34. The molecule has 0 radical (unpaired) electrons. The van der Waals surface area contributed by atoms with Crippen LogP contribution in [0.3, 0.4) is 0 Å². The van der Waals surface area contributed by atoms with Gasteiger partial charge in [-0.05, 0) is 45.7 Å². The molecule has 0 saturated carbocycles. The van der Waals surface area contributed by atoms with E-state index in [4.69, 9.17) is 0 Å². The van der Waals surface area contributed by atoms with Crippen LogP contribution in [0.2, 0.25) is 0 Å². The largest absolute Gasteiger partial charge is 0.316 e. The van der Waals surface area contributed by atoms with E-state index in [-0.39, 0.29) is 0 Å². The van der Waals surface area contributed by atoms with E-state index in [1.165, 1.54) is 25.8 Å². The molecule has 1 atom stereocenters.